The molecule has 1 aromatic heterocycles. The summed E-state index contributed by atoms with van der Waals surface area (Å²) < 4.78 is 8.17. The van der Waals surface area contributed by atoms with Crippen molar-refractivity contribution < 1.29 is 9.53 Å². The number of aromatic nitrogens is 2. The Morgan fingerprint density at radius 3 is 2.38 bits per heavy atom. The number of aryl methyl sites for hydroxylation is 3. The van der Waals surface area contributed by atoms with Gasteiger partial charge in [-0.3, -0.25) is 4.79 Å². The van der Waals surface area contributed by atoms with E-state index in [-0.39, 0.29) is 5.91 Å². The second kappa shape index (κ2) is 10.1. The normalized spacial score (nSPS) is 10.9. The zero-order valence-corrected chi connectivity index (χ0v) is 18.7. The van der Waals surface area contributed by atoms with E-state index in [1.54, 1.807) is 0 Å². The summed E-state index contributed by atoms with van der Waals surface area (Å²) in [6, 6.07) is 23.9. The van der Waals surface area contributed by atoms with Crippen LogP contribution in [0.1, 0.15) is 33.7 Å². The average Bonchev–Trinajstić information content (AvgIpc) is 3.16. The Hall–Kier alpha value is -3.60. The second-order valence-corrected chi connectivity index (χ2v) is 8.06. The molecule has 0 unspecified atom stereocenters. The van der Waals surface area contributed by atoms with Crippen molar-refractivity contribution in [3.63, 3.8) is 0 Å². The molecule has 32 heavy (non-hydrogen) atoms. The first kappa shape index (κ1) is 21.6. The number of fused-ring (bicyclic) bond motifs is 1. The smallest absolute Gasteiger partial charge is 0.251 e. The largest absolute Gasteiger partial charge is 0.492 e. The van der Waals surface area contributed by atoms with Crippen molar-refractivity contribution >= 4 is 16.9 Å². The predicted octanol–water partition coefficient (Wildman–Crippen LogP) is 5.09. The number of hydrogen-bond acceptors (Lipinski definition) is 3. The third kappa shape index (κ3) is 5.35. The predicted molar refractivity (Wildman–Crippen MR) is 128 cm³/mol. The summed E-state index contributed by atoms with van der Waals surface area (Å²) in [6.07, 6.45) is 1.60. The van der Waals surface area contributed by atoms with Crippen LogP contribution in [0.15, 0.2) is 72.8 Å². The highest BCUT2D eigenvalue weighted by Crippen LogP contribution is 2.18. The van der Waals surface area contributed by atoms with Crippen molar-refractivity contribution in [3.8, 4) is 5.75 Å². The molecule has 4 rings (SSSR count). The molecule has 5 nitrogen and oxygen atoms in total. The van der Waals surface area contributed by atoms with E-state index in [1.807, 2.05) is 61.5 Å². The second-order valence-electron chi connectivity index (χ2n) is 8.06. The molecule has 0 saturated carbocycles. The zero-order valence-electron chi connectivity index (χ0n) is 18.7. The van der Waals surface area contributed by atoms with Crippen LogP contribution in [-0.2, 0) is 13.0 Å². The van der Waals surface area contributed by atoms with Crippen LogP contribution in [-0.4, -0.2) is 28.6 Å². The lowest BCUT2D eigenvalue weighted by Crippen LogP contribution is -2.25. The Morgan fingerprint density at radius 2 is 1.62 bits per heavy atom. The fourth-order valence-electron chi connectivity index (χ4n) is 3.71. The molecule has 1 heterocycles. The molecule has 164 valence electrons. The first-order valence-corrected chi connectivity index (χ1v) is 11.1. The molecule has 0 spiro atoms. The molecule has 4 aromatic rings. The molecule has 5 heteroatoms. The van der Waals surface area contributed by atoms with E-state index in [4.69, 9.17) is 9.72 Å². The Bertz CT molecular complexity index is 1180. The maximum atomic E-state index is 12.3. The molecule has 0 atom stereocenters. The van der Waals surface area contributed by atoms with Gasteiger partial charge in [0.2, 0.25) is 0 Å². The number of benzene rings is 3. The molecule has 0 aliphatic heterocycles. The molecule has 1 N–H and O–H groups in total. The van der Waals surface area contributed by atoms with Gasteiger partial charge in [0.25, 0.3) is 5.91 Å². The standard InChI is InChI=1S/C27H29N3O2/c1-20-9-13-22(14-10-20)27(31)28-17-5-8-26-29-24-6-3-4-7-25(24)30(26)18-19-32-23-15-11-21(2)12-16-23/h3-4,6-7,9-16H,5,8,17-19H2,1-2H3,(H,28,31). The van der Waals surface area contributed by atoms with Crippen LogP contribution in [0.5, 0.6) is 5.75 Å². The number of carbonyl (C=O) groups excluding carboxylic acids is 1. The van der Waals surface area contributed by atoms with Crippen LogP contribution >= 0.6 is 0 Å². The molecule has 0 saturated heterocycles. The minimum Gasteiger partial charge on any atom is -0.492 e. The Kier molecular flexibility index (Phi) is 6.85. The molecule has 1 amide bonds. The van der Waals surface area contributed by atoms with Gasteiger partial charge in [-0.05, 0) is 56.7 Å². The first-order chi connectivity index (χ1) is 15.6. The Labute approximate surface area is 189 Å². The fourth-order valence-corrected chi connectivity index (χ4v) is 3.71. The molecule has 0 bridgehead atoms. The molecule has 0 fully saturated rings. The fraction of sp³-hybridized carbons (Fsp3) is 0.259. The van der Waals surface area contributed by atoms with Crippen molar-refractivity contribution in [1.82, 2.24) is 14.9 Å². The van der Waals surface area contributed by atoms with Gasteiger partial charge in [0, 0.05) is 18.5 Å². The maximum Gasteiger partial charge on any atom is 0.251 e. The summed E-state index contributed by atoms with van der Waals surface area (Å²) in [7, 11) is 0. The van der Waals surface area contributed by atoms with E-state index in [0.29, 0.717) is 18.7 Å². The molecule has 0 aliphatic rings. The average molecular weight is 428 g/mol. The van der Waals surface area contributed by atoms with Crippen molar-refractivity contribution in [1.29, 1.82) is 0 Å². The van der Waals surface area contributed by atoms with Crippen molar-refractivity contribution in [2.24, 2.45) is 0 Å². The molecular formula is C27H29N3O2. The number of ether oxygens (including phenoxy) is 1. The van der Waals surface area contributed by atoms with Crippen LogP contribution < -0.4 is 10.1 Å². The minimum atomic E-state index is -0.0370. The third-order valence-corrected chi connectivity index (χ3v) is 5.51. The van der Waals surface area contributed by atoms with Crippen LogP contribution in [0.25, 0.3) is 11.0 Å². The quantitative estimate of drug-likeness (QED) is 0.378. The molecule has 3 aromatic carbocycles. The lowest BCUT2D eigenvalue weighted by atomic mass is 10.1. The maximum absolute atomic E-state index is 12.3. The number of carbonyl (C=O) groups is 1. The van der Waals surface area contributed by atoms with Gasteiger partial charge in [-0.2, -0.15) is 0 Å². The number of para-hydroxylation sites is 2. The summed E-state index contributed by atoms with van der Waals surface area (Å²) in [5, 5.41) is 3.01. The van der Waals surface area contributed by atoms with Crippen molar-refractivity contribution in [2.45, 2.75) is 33.2 Å². The summed E-state index contributed by atoms with van der Waals surface area (Å²) in [5.74, 6) is 1.86. The van der Waals surface area contributed by atoms with E-state index >= 15 is 0 Å². The lowest BCUT2D eigenvalue weighted by molar-refractivity contribution is 0.0953. The topological polar surface area (TPSA) is 56.1 Å². The van der Waals surface area contributed by atoms with Gasteiger partial charge in [0.15, 0.2) is 0 Å². The van der Waals surface area contributed by atoms with E-state index in [9.17, 15) is 4.79 Å². The van der Waals surface area contributed by atoms with E-state index in [0.717, 1.165) is 47.6 Å². The van der Waals surface area contributed by atoms with Gasteiger partial charge >= 0.3 is 0 Å². The Balaban J connectivity index is 1.35. The van der Waals surface area contributed by atoms with E-state index in [1.165, 1.54) is 5.56 Å². The van der Waals surface area contributed by atoms with E-state index in [2.05, 4.69) is 35.0 Å². The third-order valence-electron chi connectivity index (χ3n) is 5.51. The van der Waals surface area contributed by atoms with Crippen molar-refractivity contribution in [2.75, 3.05) is 13.2 Å². The Morgan fingerprint density at radius 1 is 0.938 bits per heavy atom. The van der Waals surface area contributed by atoms with Crippen LogP contribution in [0.2, 0.25) is 0 Å². The van der Waals surface area contributed by atoms with Gasteiger partial charge in [-0.1, -0.05) is 47.5 Å². The number of imidazole rings is 1. The number of amides is 1. The first-order valence-electron chi connectivity index (χ1n) is 11.1. The number of rotatable bonds is 9. The van der Waals surface area contributed by atoms with Crippen LogP contribution in [0.3, 0.4) is 0 Å². The summed E-state index contributed by atoms with van der Waals surface area (Å²) in [4.78, 5) is 17.2. The minimum absolute atomic E-state index is 0.0370. The highest BCUT2D eigenvalue weighted by atomic mass is 16.5. The van der Waals surface area contributed by atoms with Crippen LogP contribution in [0, 0.1) is 13.8 Å². The number of nitrogens with zero attached hydrogens (tertiary/aromatic N) is 2. The van der Waals surface area contributed by atoms with Crippen molar-refractivity contribution in [3.05, 3.63) is 95.3 Å². The summed E-state index contributed by atoms with van der Waals surface area (Å²) in [6.45, 7) is 5.98. The number of hydrogen-bond donors (Lipinski definition) is 1. The lowest BCUT2D eigenvalue weighted by Gasteiger charge is -2.11. The number of nitrogens with one attached hydrogen (secondary N) is 1. The SMILES string of the molecule is Cc1ccc(OCCn2c(CCCNC(=O)c3ccc(C)cc3)nc3ccccc32)cc1. The summed E-state index contributed by atoms with van der Waals surface area (Å²) in [5.41, 5.74) is 5.15. The highest BCUT2D eigenvalue weighted by molar-refractivity contribution is 5.94. The van der Waals surface area contributed by atoms with Gasteiger partial charge in [0.05, 0.1) is 17.6 Å². The molecular weight excluding hydrogens is 398 g/mol. The highest BCUT2D eigenvalue weighted by Gasteiger charge is 2.11. The zero-order chi connectivity index (χ0) is 22.3. The van der Waals surface area contributed by atoms with Gasteiger partial charge in [-0.25, -0.2) is 4.98 Å². The van der Waals surface area contributed by atoms with E-state index < -0.39 is 0 Å². The molecule has 0 aliphatic carbocycles. The molecule has 0 radical (unpaired) electrons. The van der Waals surface area contributed by atoms with Gasteiger partial charge in [-0.15, -0.1) is 0 Å². The van der Waals surface area contributed by atoms with Crippen LogP contribution in [0.4, 0.5) is 0 Å². The monoisotopic (exact) mass is 427 g/mol. The summed E-state index contributed by atoms with van der Waals surface area (Å²) >= 11 is 0. The van der Waals surface area contributed by atoms with Gasteiger partial charge < -0.3 is 14.6 Å². The van der Waals surface area contributed by atoms with Gasteiger partial charge in [0.1, 0.15) is 18.2 Å².